The third-order valence-corrected chi connectivity index (χ3v) is 4.47. The Hall–Kier alpha value is -2.14. The number of nitrogens with zero attached hydrogens (tertiary/aromatic N) is 1. The lowest BCUT2D eigenvalue weighted by molar-refractivity contribution is 0.474. The largest absolute Gasteiger partial charge is 0.449 e. The summed E-state index contributed by atoms with van der Waals surface area (Å²) in [4.78, 5) is 0.253. The molecule has 2 rings (SSSR count). The molecular weight excluding hydrogens is 302 g/mol. The molecule has 0 atom stereocenters. The van der Waals surface area contributed by atoms with Gasteiger partial charge >= 0.3 is 0 Å². The standard InChI is InChI=1S/C15H17N3O3S/c1-12-2-6-15(7-3-12)22(19,20)18-9-8-17-11-14-5-4-13(10-16)21-14/h2-7,17-18H,8-9,11H2,1H3. The van der Waals surface area contributed by atoms with Gasteiger partial charge in [0.05, 0.1) is 11.4 Å². The summed E-state index contributed by atoms with van der Waals surface area (Å²) in [5.74, 6) is 0.898. The van der Waals surface area contributed by atoms with Crippen molar-refractivity contribution in [2.45, 2.75) is 18.4 Å². The predicted octanol–water partition coefficient (Wildman–Crippen LogP) is 1.53. The van der Waals surface area contributed by atoms with Crippen LogP contribution in [0.2, 0.25) is 0 Å². The molecule has 0 bridgehead atoms. The van der Waals surface area contributed by atoms with Gasteiger partial charge in [-0.05, 0) is 31.2 Å². The monoisotopic (exact) mass is 319 g/mol. The minimum atomic E-state index is -3.48. The van der Waals surface area contributed by atoms with Gasteiger partial charge in [0.25, 0.3) is 0 Å². The molecule has 7 heteroatoms. The third-order valence-electron chi connectivity index (χ3n) is 3.00. The number of aryl methyl sites for hydroxylation is 1. The zero-order valence-electron chi connectivity index (χ0n) is 12.2. The maximum Gasteiger partial charge on any atom is 0.240 e. The smallest absolute Gasteiger partial charge is 0.240 e. The average molecular weight is 319 g/mol. The summed E-state index contributed by atoms with van der Waals surface area (Å²) in [6, 6.07) is 11.9. The summed E-state index contributed by atoms with van der Waals surface area (Å²) < 4.78 is 31.8. The van der Waals surface area contributed by atoms with Crippen molar-refractivity contribution >= 4 is 10.0 Å². The quantitative estimate of drug-likeness (QED) is 0.755. The molecule has 0 radical (unpaired) electrons. The van der Waals surface area contributed by atoms with Gasteiger partial charge in [-0.15, -0.1) is 0 Å². The molecular formula is C15H17N3O3S. The highest BCUT2D eigenvalue weighted by Gasteiger charge is 2.12. The molecule has 22 heavy (non-hydrogen) atoms. The minimum Gasteiger partial charge on any atom is -0.449 e. The van der Waals surface area contributed by atoms with Crippen LogP contribution in [-0.2, 0) is 16.6 Å². The second-order valence-electron chi connectivity index (χ2n) is 4.77. The first-order chi connectivity index (χ1) is 10.5. The normalized spacial score (nSPS) is 11.3. The number of benzene rings is 1. The van der Waals surface area contributed by atoms with E-state index in [9.17, 15) is 8.42 Å². The van der Waals surface area contributed by atoms with Crippen molar-refractivity contribution in [3.8, 4) is 6.07 Å². The van der Waals surface area contributed by atoms with Crippen molar-refractivity contribution in [1.29, 1.82) is 5.26 Å². The topological polar surface area (TPSA) is 95.1 Å². The molecule has 0 fully saturated rings. The molecule has 0 aliphatic rings. The lowest BCUT2D eigenvalue weighted by Crippen LogP contribution is -2.31. The number of nitriles is 1. The lowest BCUT2D eigenvalue weighted by Gasteiger charge is -2.07. The number of hydrogen-bond donors (Lipinski definition) is 2. The second kappa shape index (κ2) is 7.22. The first-order valence-corrected chi connectivity index (χ1v) is 8.25. The molecule has 0 aliphatic heterocycles. The Balaban J connectivity index is 1.76. The number of hydrogen-bond acceptors (Lipinski definition) is 5. The SMILES string of the molecule is Cc1ccc(S(=O)(=O)NCCNCc2ccc(C#N)o2)cc1. The van der Waals surface area contributed by atoms with E-state index >= 15 is 0 Å². The fraction of sp³-hybridized carbons (Fsp3) is 0.267. The van der Waals surface area contributed by atoms with Crippen molar-refractivity contribution < 1.29 is 12.8 Å². The molecule has 2 aromatic rings. The summed E-state index contributed by atoms with van der Waals surface area (Å²) in [5, 5.41) is 11.7. The van der Waals surface area contributed by atoms with Gasteiger partial charge in [-0.1, -0.05) is 17.7 Å². The van der Waals surface area contributed by atoms with E-state index in [0.717, 1.165) is 5.56 Å². The second-order valence-corrected chi connectivity index (χ2v) is 6.53. The van der Waals surface area contributed by atoms with Crippen molar-refractivity contribution in [3.63, 3.8) is 0 Å². The van der Waals surface area contributed by atoms with Gasteiger partial charge in [0.15, 0.2) is 0 Å². The molecule has 0 saturated heterocycles. The van der Waals surface area contributed by atoms with Gasteiger partial charge < -0.3 is 9.73 Å². The Labute approximate surface area is 129 Å². The van der Waals surface area contributed by atoms with Crippen LogP contribution in [-0.4, -0.2) is 21.5 Å². The van der Waals surface area contributed by atoms with Crippen LogP contribution < -0.4 is 10.0 Å². The van der Waals surface area contributed by atoms with Crippen LogP contribution in [0.4, 0.5) is 0 Å². The van der Waals surface area contributed by atoms with Gasteiger partial charge in [0.1, 0.15) is 11.8 Å². The number of nitrogens with one attached hydrogen (secondary N) is 2. The maximum atomic E-state index is 12.0. The zero-order valence-corrected chi connectivity index (χ0v) is 13.0. The fourth-order valence-electron chi connectivity index (χ4n) is 1.82. The summed E-state index contributed by atoms with van der Waals surface area (Å²) in [5.41, 5.74) is 1.01. The highest BCUT2D eigenvalue weighted by molar-refractivity contribution is 7.89. The molecule has 1 heterocycles. The number of sulfonamides is 1. The van der Waals surface area contributed by atoms with Gasteiger partial charge in [0, 0.05) is 13.1 Å². The summed E-state index contributed by atoms with van der Waals surface area (Å²) in [6.45, 7) is 3.06. The van der Waals surface area contributed by atoms with E-state index in [1.54, 1.807) is 36.4 Å². The Kier molecular flexibility index (Phi) is 5.33. The van der Waals surface area contributed by atoms with Crippen LogP contribution in [0.25, 0.3) is 0 Å². The van der Waals surface area contributed by atoms with Gasteiger partial charge in [-0.25, -0.2) is 13.1 Å². The van der Waals surface area contributed by atoms with Crippen molar-refractivity contribution in [2.75, 3.05) is 13.1 Å². The van der Waals surface area contributed by atoms with E-state index in [-0.39, 0.29) is 17.2 Å². The molecule has 1 aromatic carbocycles. The number of rotatable bonds is 7. The first-order valence-electron chi connectivity index (χ1n) is 6.77. The van der Waals surface area contributed by atoms with Crippen molar-refractivity contribution in [2.24, 2.45) is 0 Å². The number of furan rings is 1. The Morgan fingerprint density at radius 1 is 1.14 bits per heavy atom. The molecule has 0 aliphatic carbocycles. The predicted molar refractivity (Wildman–Crippen MR) is 81.5 cm³/mol. The maximum absolute atomic E-state index is 12.0. The molecule has 0 saturated carbocycles. The summed E-state index contributed by atoms with van der Waals surface area (Å²) in [7, 11) is -3.48. The Morgan fingerprint density at radius 3 is 2.50 bits per heavy atom. The van der Waals surface area contributed by atoms with E-state index in [1.165, 1.54) is 0 Å². The average Bonchev–Trinajstić information content (AvgIpc) is 2.95. The highest BCUT2D eigenvalue weighted by Crippen LogP contribution is 2.09. The Morgan fingerprint density at radius 2 is 1.86 bits per heavy atom. The Bertz CT molecular complexity index is 758. The van der Waals surface area contributed by atoms with Crippen LogP contribution in [0.5, 0.6) is 0 Å². The van der Waals surface area contributed by atoms with Crippen LogP contribution in [0, 0.1) is 18.3 Å². The molecule has 116 valence electrons. The van der Waals surface area contributed by atoms with Gasteiger partial charge in [-0.2, -0.15) is 5.26 Å². The molecule has 1 aromatic heterocycles. The molecule has 2 N–H and O–H groups in total. The lowest BCUT2D eigenvalue weighted by atomic mass is 10.2. The van der Waals surface area contributed by atoms with Crippen molar-refractivity contribution in [1.82, 2.24) is 10.0 Å². The summed E-state index contributed by atoms with van der Waals surface area (Å²) >= 11 is 0. The van der Waals surface area contributed by atoms with E-state index in [2.05, 4.69) is 10.0 Å². The molecule has 0 unspecified atom stereocenters. The summed E-state index contributed by atoms with van der Waals surface area (Å²) in [6.07, 6.45) is 0. The van der Waals surface area contributed by atoms with E-state index < -0.39 is 10.0 Å². The van der Waals surface area contributed by atoms with E-state index in [1.807, 2.05) is 13.0 Å². The van der Waals surface area contributed by atoms with Gasteiger partial charge in [-0.3, -0.25) is 0 Å². The molecule has 0 amide bonds. The fourth-order valence-corrected chi connectivity index (χ4v) is 2.85. The van der Waals surface area contributed by atoms with E-state index in [4.69, 9.17) is 9.68 Å². The zero-order chi connectivity index (χ0) is 16.0. The van der Waals surface area contributed by atoms with Gasteiger partial charge in [0.2, 0.25) is 15.8 Å². The first kappa shape index (κ1) is 16.2. The molecule has 6 nitrogen and oxygen atoms in total. The third kappa shape index (κ3) is 4.43. The van der Waals surface area contributed by atoms with Crippen LogP contribution in [0.15, 0.2) is 45.7 Å². The van der Waals surface area contributed by atoms with Crippen LogP contribution >= 0.6 is 0 Å². The van der Waals surface area contributed by atoms with Crippen molar-refractivity contribution in [3.05, 3.63) is 53.5 Å². The van der Waals surface area contributed by atoms with Crippen LogP contribution in [0.1, 0.15) is 17.1 Å². The highest BCUT2D eigenvalue weighted by atomic mass is 32.2. The molecule has 0 spiro atoms. The van der Waals surface area contributed by atoms with E-state index in [0.29, 0.717) is 18.8 Å². The minimum absolute atomic E-state index is 0.253. The van der Waals surface area contributed by atoms with Crippen LogP contribution in [0.3, 0.4) is 0 Å².